The lowest BCUT2D eigenvalue weighted by Gasteiger charge is -2.01. The molecule has 3 heteroatoms. The van der Waals surface area contributed by atoms with E-state index in [9.17, 15) is 0 Å². The largest absolute Gasteiger partial charge is 0.356 e. The van der Waals surface area contributed by atoms with Crippen LogP contribution in [0.15, 0.2) is 33.3 Å². The predicted molar refractivity (Wildman–Crippen MR) is 59.1 cm³/mol. The van der Waals surface area contributed by atoms with Crippen LogP contribution in [0.3, 0.4) is 0 Å². The van der Waals surface area contributed by atoms with Crippen molar-refractivity contribution >= 4 is 15.9 Å². The van der Waals surface area contributed by atoms with E-state index < -0.39 is 0 Å². The van der Waals surface area contributed by atoms with Gasteiger partial charge in [0.05, 0.1) is 5.69 Å². The summed E-state index contributed by atoms with van der Waals surface area (Å²) in [7, 11) is 0. The molecule has 0 atom stereocenters. The Kier molecular flexibility index (Phi) is 2.42. The Morgan fingerprint density at radius 3 is 2.64 bits per heavy atom. The number of halogens is 1. The second kappa shape index (κ2) is 3.58. The zero-order chi connectivity index (χ0) is 10.1. The number of benzene rings is 1. The highest BCUT2D eigenvalue weighted by Gasteiger charge is 2.07. The first-order valence-corrected chi connectivity index (χ1v) is 5.16. The Labute approximate surface area is 91.1 Å². The number of aryl methyl sites for hydroxylation is 2. The molecule has 2 nitrogen and oxygen atoms in total. The molecular formula is C11H10BrNO. The van der Waals surface area contributed by atoms with Gasteiger partial charge >= 0.3 is 0 Å². The zero-order valence-electron chi connectivity index (χ0n) is 8.04. The summed E-state index contributed by atoms with van der Waals surface area (Å²) < 4.78 is 6.26. The molecule has 0 amide bonds. The van der Waals surface area contributed by atoms with Crippen LogP contribution >= 0.6 is 15.9 Å². The van der Waals surface area contributed by atoms with E-state index in [4.69, 9.17) is 4.52 Å². The quantitative estimate of drug-likeness (QED) is 0.773. The van der Waals surface area contributed by atoms with E-state index in [1.54, 1.807) is 0 Å². The number of rotatable bonds is 1. The molecule has 2 rings (SSSR count). The highest BCUT2D eigenvalue weighted by Crippen LogP contribution is 2.27. The van der Waals surface area contributed by atoms with Crippen molar-refractivity contribution in [1.82, 2.24) is 5.16 Å². The van der Waals surface area contributed by atoms with Gasteiger partial charge in [0.25, 0.3) is 0 Å². The van der Waals surface area contributed by atoms with Crippen molar-refractivity contribution in [3.8, 4) is 11.3 Å². The predicted octanol–water partition coefficient (Wildman–Crippen LogP) is 3.72. The molecule has 0 spiro atoms. The van der Waals surface area contributed by atoms with Crippen LogP contribution in [-0.2, 0) is 0 Å². The van der Waals surface area contributed by atoms with Crippen LogP contribution in [0, 0.1) is 13.8 Å². The lowest BCUT2D eigenvalue weighted by molar-refractivity contribution is 0.427. The Balaban J connectivity index is 2.55. The molecule has 0 aliphatic heterocycles. The third kappa shape index (κ3) is 1.73. The maximum Gasteiger partial charge on any atom is 0.167 e. The van der Waals surface area contributed by atoms with E-state index in [1.165, 1.54) is 5.56 Å². The average Bonchev–Trinajstić information content (AvgIpc) is 2.56. The maximum atomic E-state index is 5.22. The van der Waals surface area contributed by atoms with Gasteiger partial charge in [-0.2, -0.15) is 0 Å². The van der Waals surface area contributed by atoms with Gasteiger partial charge in [-0.15, -0.1) is 0 Å². The molecular weight excluding hydrogens is 242 g/mol. The maximum absolute atomic E-state index is 5.22. The Bertz CT molecular complexity index is 462. The van der Waals surface area contributed by atoms with Crippen LogP contribution in [0.2, 0.25) is 0 Å². The lowest BCUT2D eigenvalue weighted by Crippen LogP contribution is -1.80. The van der Waals surface area contributed by atoms with Crippen molar-refractivity contribution < 1.29 is 4.52 Å². The molecule has 0 saturated heterocycles. The molecule has 0 radical (unpaired) electrons. The molecule has 0 saturated carbocycles. The molecule has 2 aromatic rings. The van der Waals surface area contributed by atoms with Crippen molar-refractivity contribution in [3.63, 3.8) is 0 Å². The van der Waals surface area contributed by atoms with Gasteiger partial charge in [0, 0.05) is 16.1 Å². The van der Waals surface area contributed by atoms with Crippen molar-refractivity contribution in [1.29, 1.82) is 0 Å². The van der Waals surface area contributed by atoms with E-state index in [-0.39, 0.29) is 0 Å². The Morgan fingerprint density at radius 1 is 1.21 bits per heavy atom. The van der Waals surface area contributed by atoms with Crippen LogP contribution < -0.4 is 0 Å². The Hall–Kier alpha value is -1.09. The normalized spacial score (nSPS) is 10.5. The van der Waals surface area contributed by atoms with Gasteiger partial charge in [-0.1, -0.05) is 27.2 Å². The first-order valence-electron chi connectivity index (χ1n) is 4.36. The minimum absolute atomic E-state index is 0.821. The highest BCUT2D eigenvalue weighted by atomic mass is 79.9. The number of hydrogen-bond donors (Lipinski definition) is 0. The van der Waals surface area contributed by atoms with Crippen molar-refractivity contribution in [2.45, 2.75) is 13.8 Å². The molecule has 0 aliphatic carbocycles. The molecule has 0 unspecified atom stereocenters. The summed E-state index contributed by atoms with van der Waals surface area (Å²) >= 11 is 3.44. The van der Waals surface area contributed by atoms with Gasteiger partial charge < -0.3 is 4.52 Å². The summed E-state index contributed by atoms with van der Waals surface area (Å²) in [5, 5.41) is 3.87. The summed E-state index contributed by atoms with van der Waals surface area (Å²) in [6, 6.07) is 8.05. The monoisotopic (exact) mass is 251 g/mol. The smallest absolute Gasteiger partial charge is 0.167 e. The van der Waals surface area contributed by atoms with Gasteiger partial charge in [-0.05, 0) is 31.5 Å². The van der Waals surface area contributed by atoms with E-state index in [0.717, 1.165) is 21.5 Å². The van der Waals surface area contributed by atoms with Crippen molar-refractivity contribution in [3.05, 3.63) is 40.0 Å². The number of nitrogens with zero attached hydrogens (tertiary/aromatic N) is 1. The van der Waals surface area contributed by atoms with Crippen molar-refractivity contribution in [2.24, 2.45) is 0 Å². The molecule has 1 aromatic carbocycles. The van der Waals surface area contributed by atoms with E-state index in [2.05, 4.69) is 34.1 Å². The molecule has 0 aliphatic rings. The van der Waals surface area contributed by atoms with Gasteiger partial charge in [0.2, 0.25) is 0 Å². The first kappa shape index (κ1) is 9.46. The second-order valence-corrected chi connectivity index (χ2v) is 4.21. The summed E-state index contributed by atoms with van der Waals surface area (Å²) in [5.41, 5.74) is 3.17. The van der Waals surface area contributed by atoms with Gasteiger partial charge in [0.15, 0.2) is 5.76 Å². The lowest BCUT2D eigenvalue weighted by atomic mass is 10.1. The number of aromatic nitrogens is 1. The third-order valence-corrected chi connectivity index (χ3v) is 2.59. The van der Waals surface area contributed by atoms with Crippen LogP contribution in [0.5, 0.6) is 0 Å². The fourth-order valence-corrected chi connectivity index (χ4v) is 1.71. The minimum atomic E-state index is 0.821. The first-order chi connectivity index (χ1) is 6.66. The standard InChI is InChI=1S/C11H10BrNO/c1-7-3-4-9(12)6-10(7)11-5-8(2)13-14-11/h3-6H,1-2H3. The summed E-state index contributed by atoms with van der Waals surface area (Å²) in [6.45, 7) is 3.97. The molecule has 1 aromatic heterocycles. The summed E-state index contributed by atoms with van der Waals surface area (Å²) in [4.78, 5) is 0. The van der Waals surface area contributed by atoms with Crippen LogP contribution in [0.25, 0.3) is 11.3 Å². The highest BCUT2D eigenvalue weighted by molar-refractivity contribution is 9.10. The van der Waals surface area contributed by atoms with E-state index >= 15 is 0 Å². The van der Waals surface area contributed by atoms with E-state index in [0.29, 0.717) is 0 Å². The molecule has 14 heavy (non-hydrogen) atoms. The van der Waals surface area contributed by atoms with Crippen LogP contribution in [-0.4, -0.2) is 5.16 Å². The minimum Gasteiger partial charge on any atom is -0.356 e. The van der Waals surface area contributed by atoms with Crippen LogP contribution in [0.4, 0.5) is 0 Å². The third-order valence-electron chi connectivity index (χ3n) is 2.09. The summed E-state index contributed by atoms with van der Waals surface area (Å²) in [5.74, 6) is 0.821. The van der Waals surface area contributed by atoms with Gasteiger partial charge in [0.1, 0.15) is 0 Å². The molecule has 0 fully saturated rings. The molecule has 0 N–H and O–H groups in total. The SMILES string of the molecule is Cc1cc(-c2cc(Br)ccc2C)on1. The Morgan fingerprint density at radius 2 is 2.00 bits per heavy atom. The van der Waals surface area contributed by atoms with Gasteiger partial charge in [-0.3, -0.25) is 0 Å². The average molecular weight is 252 g/mol. The van der Waals surface area contributed by atoms with Crippen LogP contribution in [0.1, 0.15) is 11.3 Å². The van der Waals surface area contributed by atoms with E-state index in [1.807, 2.05) is 25.1 Å². The fourth-order valence-electron chi connectivity index (χ4n) is 1.35. The van der Waals surface area contributed by atoms with Crippen molar-refractivity contribution in [2.75, 3.05) is 0 Å². The fraction of sp³-hybridized carbons (Fsp3) is 0.182. The van der Waals surface area contributed by atoms with Gasteiger partial charge in [-0.25, -0.2) is 0 Å². The molecule has 0 bridgehead atoms. The second-order valence-electron chi connectivity index (χ2n) is 3.29. The molecule has 72 valence electrons. The zero-order valence-corrected chi connectivity index (χ0v) is 9.63. The topological polar surface area (TPSA) is 26.0 Å². The summed E-state index contributed by atoms with van der Waals surface area (Å²) in [6.07, 6.45) is 0. The number of hydrogen-bond acceptors (Lipinski definition) is 2. The molecule has 1 heterocycles.